The predicted octanol–water partition coefficient (Wildman–Crippen LogP) is 0.991. The molecule has 2 aliphatic rings. The zero-order chi connectivity index (χ0) is 16.6. The van der Waals surface area contributed by atoms with E-state index in [1.807, 2.05) is 0 Å². The van der Waals surface area contributed by atoms with Gasteiger partial charge in [0.15, 0.2) is 5.72 Å². The topological polar surface area (TPSA) is 95.9 Å². The number of benzene rings is 1. The first kappa shape index (κ1) is 15.3. The minimum absolute atomic E-state index is 0.125. The lowest BCUT2D eigenvalue weighted by molar-refractivity contribution is -0.149. The van der Waals surface area contributed by atoms with Gasteiger partial charge in [-0.25, -0.2) is 4.79 Å². The number of carboxylic acids is 1. The summed E-state index contributed by atoms with van der Waals surface area (Å²) in [5, 5.41) is 12.0. The maximum atomic E-state index is 12.3. The van der Waals surface area contributed by atoms with Gasteiger partial charge in [0.05, 0.1) is 5.56 Å². The molecular formula is C16H18N2O5. The van der Waals surface area contributed by atoms with E-state index >= 15 is 0 Å². The molecule has 0 aromatic heterocycles. The van der Waals surface area contributed by atoms with Gasteiger partial charge in [-0.15, -0.1) is 0 Å². The number of hydrogen-bond acceptors (Lipinski definition) is 4. The lowest BCUT2D eigenvalue weighted by atomic mass is 10.0. The first-order chi connectivity index (χ1) is 10.9. The minimum Gasteiger partial charge on any atom is -0.480 e. The molecule has 1 spiro atoms. The van der Waals surface area contributed by atoms with Gasteiger partial charge in [-0.3, -0.25) is 9.59 Å². The molecule has 1 fully saturated rings. The van der Waals surface area contributed by atoms with Crippen LogP contribution in [-0.2, 0) is 9.59 Å². The van der Waals surface area contributed by atoms with Gasteiger partial charge in [-0.05, 0) is 19.1 Å². The summed E-state index contributed by atoms with van der Waals surface area (Å²) in [4.78, 5) is 37.0. The molecule has 2 atom stereocenters. The summed E-state index contributed by atoms with van der Waals surface area (Å²) >= 11 is 0. The summed E-state index contributed by atoms with van der Waals surface area (Å²) in [6.45, 7) is 1.70. The second-order valence-electron chi connectivity index (χ2n) is 5.90. The number of amides is 2. The second-order valence-corrected chi connectivity index (χ2v) is 5.90. The number of fused-ring (bicyclic) bond motifs is 1. The number of likely N-dealkylation sites (tertiary alicyclic amines) is 1. The zero-order valence-corrected chi connectivity index (χ0v) is 12.7. The van der Waals surface area contributed by atoms with E-state index in [-0.39, 0.29) is 24.8 Å². The summed E-state index contributed by atoms with van der Waals surface area (Å²) in [5.41, 5.74) is -0.502. The lowest BCUT2D eigenvalue weighted by Gasteiger charge is -2.38. The monoisotopic (exact) mass is 318 g/mol. The molecule has 1 saturated heterocycles. The fourth-order valence-corrected chi connectivity index (χ4v) is 3.03. The Hall–Kier alpha value is -2.57. The van der Waals surface area contributed by atoms with Crippen LogP contribution in [0.3, 0.4) is 0 Å². The number of nitrogens with one attached hydrogen (secondary N) is 1. The molecule has 0 aliphatic carbocycles. The van der Waals surface area contributed by atoms with E-state index in [1.54, 1.807) is 24.3 Å². The van der Waals surface area contributed by atoms with E-state index in [4.69, 9.17) is 9.84 Å². The van der Waals surface area contributed by atoms with Gasteiger partial charge < -0.3 is 20.1 Å². The van der Waals surface area contributed by atoms with Crippen molar-refractivity contribution < 1.29 is 24.2 Å². The van der Waals surface area contributed by atoms with E-state index in [2.05, 4.69) is 5.32 Å². The Bertz CT molecular complexity index is 674. The number of hydrogen-bond donors (Lipinski definition) is 2. The Balaban J connectivity index is 1.84. The maximum absolute atomic E-state index is 12.3. The molecular weight excluding hydrogens is 300 g/mol. The lowest BCUT2D eigenvalue weighted by Crippen LogP contribution is -2.56. The third-order valence-corrected chi connectivity index (χ3v) is 4.42. The number of ether oxygens (including phenoxy) is 1. The summed E-state index contributed by atoms with van der Waals surface area (Å²) in [7, 11) is 0. The van der Waals surface area contributed by atoms with Crippen LogP contribution in [0.25, 0.3) is 0 Å². The van der Waals surface area contributed by atoms with Crippen molar-refractivity contribution in [2.45, 2.75) is 38.0 Å². The fraction of sp³-hybridized carbons (Fsp3) is 0.438. The fourth-order valence-electron chi connectivity index (χ4n) is 3.03. The number of rotatable bonds is 2. The van der Waals surface area contributed by atoms with Crippen LogP contribution >= 0.6 is 0 Å². The van der Waals surface area contributed by atoms with Gasteiger partial charge in [0.2, 0.25) is 5.91 Å². The van der Waals surface area contributed by atoms with Crippen LogP contribution in [-0.4, -0.2) is 46.1 Å². The van der Waals surface area contributed by atoms with Crippen molar-refractivity contribution in [3.05, 3.63) is 29.8 Å². The SMILES string of the molecule is C[C@@H](C(=O)O)N1CC[C@@]2(CCC1=O)NC(=O)c1ccccc1O2. The molecule has 1 aromatic rings. The number of carbonyl (C=O) groups excluding carboxylic acids is 2. The minimum atomic E-state index is -1.05. The Kier molecular flexibility index (Phi) is 3.71. The summed E-state index contributed by atoms with van der Waals surface area (Å²) in [6, 6.07) is 6.04. The number of carbonyl (C=O) groups is 3. The van der Waals surface area contributed by atoms with Crippen LogP contribution in [0.4, 0.5) is 0 Å². The van der Waals surface area contributed by atoms with Gasteiger partial charge >= 0.3 is 5.97 Å². The number of aliphatic carboxylic acids is 1. The Morgan fingerprint density at radius 3 is 2.83 bits per heavy atom. The molecule has 2 heterocycles. The van der Waals surface area contributed by atoms with Crippen LogP contribution in [0.15, 0.2) is 24.3 Å². The Morgan fingerprint density at radius 1 is 1.35 bits per heavy atom. The second kappa shape index (κ2) is 5.57. The molecule has 0 radical (unpaired) electrons. The van der Waals surface area contributed by atoms with Gasteiger partial charge in [-0.1, -0.05) is 12.1 Å². The standard InChI is InChI=1S/C16H18N2O5/c1-10(15(21)22)18-9-8-16(7-6-13(18)19)17-14(20)11-4-2-3-5-12(11)23-16/h2-5,10H,6-9H2,1H3,(H,17,20)(H,21,22)/t10-,16-/m0/s1. The first-order valence-electron chi connectivity index (χ1n) is 7.55. The van der Waals surface area contributed by atoms with E-state index in [1.165, 1.54) is 11.8 Å². The number of carboxylic acid groups (broad SMARTS) is 1. The quantitative estimate of drug-likeness (QED) is 0.848. The molecule has 0 unspecified atom stereocenters. The highest BCUT2D eigenvalue weighted by molar-refractivity contribution is 5.98. The molecule has 122 valence electrons. The molecule has 2 aliphatic heterocycles. The highest BCUT2D eigenvalue weighted by Gasteiger charge is 2.43. The van der Waals surface area contributed by atoms with Crippen molar-refractivity contribution in [3.8, 4) is 5.75 Å². The highest BCUT2D eigenvalue weighted by atomic mass is 16.5. The normalized spacial score (nSPS) is 25.2. The third-order valence-electron chi connectivity index (χ3n) is 4.42. The molecule has 2 amide bonds. The van der Waals surface area contributed by atoms with Gasteiger partial charge in [0.1, 0.15) is 11.8 Å². The van der Waals surface area contributed by atoms with Gasteiger partial charge in [-0.2, -0.15) is 0 Å². The largest absolute Gasteiger partial charge is 0.480 e. The van der Waals surface area contributed by atoms with Crippen molar-refractivity contribution in [1.82, 2.24) is 10.2 Å². The van der Waals surface area contributed by atoms with Crippen LogP contribution in [0.5, 0.6) is 5.75 Å². The smallest absolute Gasteiger partial charge is 0.326 e. The van der Waals surface area contributed by atoms with Crippen LogP contribution in [0.1, 0.15) is 36.5 Å². The number of para-hydroxylation sites is 1. The van der Waals surface area contributed by atoms with Gasteiger partial charge in [0, 0.05) is 25.8 Å². The predicted molar refractivity (Wildman–Crippen MR) is 79.9 cm³/mol. The summed E-state index contributed by atoms with van der Waals surface area (Å²) in [5.74, 6) is -1.04. The van der Waals surface area contributed by atoms with Crippen molar-refractivity contribution in [2.24, 2.45) is 0 Å². The Labute approximate surface area is 133 Å². The van der Waals surface area contributed by atoms with Crippen molar-refractivity contribution >= 4 is 17.8 Å². The maximum Gasteiger partial charge on any atom is 0.326 e. The van der Waals surface area contributed by atoms with Crippen LogP contribution in [0.2, 0.25) is 0 Å². The first-order valence-corrected chi connectivity index (χ1v) is 7.55. The molecule has 7 heteroatoms. The molecule has 0 saturated carbocycles. The van der Waals surface area contributed by atoms with E-state index < -0.39 is 17.7 Å². The summed E-state index contributed by atoms with van der Waals surface area (Å²) in [6.07, 6.45) is 0.783. The van der Waals surface area contributed by atoms with Crippen molar-refractivity contribution in [1.29, 1.82) is 0 Å². The van der Waals surface area contributed by atoms with Gasteiger partial charge in [0.25, 0.3) is 5.91 Å². The summed E-state index contributed by atoms with van der Waals surface area (Å²) < 4.78 is 5.99. The molecule has 1 aromatic carbocycles. The van der Waals surface area contributed by atoms with Crippen LogP contribution in [0, 0.1) is 0 Å². The molecule has 3 rings (SSSR count). The van der Waals surface area contributed by atoms with E-state index in [0.29, 0.717) is 24.2 Å². The third kappa shape index (κ3) is 2.74. The van der Waals surface area contributed by atoms with E-state index in [9.17, 15) is 14.4 Å². The average Bonchev–Trinajstić information content (AvgIpc) is 2.67. The van der Waals surface area contributed by atoms with Crippen molar-refractivity contribution in [3.63, 3.8) is 0 Å². The average molecular weight is 318 g/mol. The number of nitrogens with zero attached hydrogens (tertiary/aromatic N) is 1. The zero-order valence-electron chi connectivity index (χ0n) is 12.7. The molecule has 23 heavy (non-hydrogen) atoms. The highest BCUT2D eigenvalue weighted by Crippen LogP contribution is 2.33. The van der Waals surface area contributed by atoms with Crippen LogP contribution < -0.4 is 10.1 Å². The molecule has 2 N–H and O–H groups in total. The molecule has 7 nitrogen and oxygen atoms in total. The molecule has 0 bridgehead atoms. The Morgan fingerprint density at radius 2 is 2.09 bits per heavy atom. The van der Waals surface area contributed by atoms with Crippen molar-refractivity contribution in [2.75, 3.05) is 6.54 Å². The van der Waals surface area contributed by atoms with E-state index in [0.717, 1.165) is 0 Å².